The van der Waals surface area contributed by atoms with E-state index in [1.165, 1.54) is 7.11 Å². The first kappa shape index (κ1) is 14.6. The summed E-state index contributed by atoms with van der Waals surface area (Å²) in [5.41, 5.74) is 0. The van der Waals surface area contributed by atoms with E-state index in [9.17, 15) is 0 Å². The highest BCUT2D eigenvalue weighted by molar-refractivity contribution is 5.27. The van der Waals surface area contributed by atoms with Gasteiger partial charge in [-0.25, -0.2) is 0 Å². The molecule has 0 bridgehead atoms. The molecule has 0 saturated carbocycles. The van der Waals surface area contributed by atoms with Gasteiger partial charge in [0.05, 0.1) is 13.7 Å². The minimum absolute atomic E-state index is 0.266. The molecule has 0 fully saturated rings. The lowest BCUT2D eigenvalue weighted by molar-refractivity contribution is 0.184. The first-order valence-corrected chi connectivity index (χ1v) is 7.04. The summed E-state index contributed by atoms with van der Waals surface area (Å²) in [6.07, 6.45) is 6.60. The average molecular weight is 278 g/mol. The normalized spacial score (nSPS) is 21.6. The topological polar surface area (TPSA) is 69.2 Å². The van der Waals surface area contributed by atoms with Crippen LogP contribution in [0.5, 0.6) is 12.0 Å². The second kappa shape index (κ2) is 7.07. The molecule has 0 amide bonds. The molecule has 1 N–H and O–H groups in total. The predicted octanol–water partition coefficient (Wildman–Crippen LogP) is 2.29. The van der Waals surface area contributed by atoms with Crippen molar-refractivity contribution in [3.8, 4) is 12.0 Å². The quantitative estimate of drug-likeness (QED) is 0.805. The van der Waals surface area contributed by atoms with Crippen LogP contribution >= 0.6 is 0 Å². The molecule has 0 aliphatic heterocycles. The molecule has 0 aromatic carbocycles. The largest absolute Gasteiger partial charge is 0.467 e. The van der Waals surface area contributed by atoms with Crippen LogP contribution in [0, 0.1) is 11.8 Å². The highest BCUT2D eigenvalue weighted by atomic mass is 16.5. The number of anilines is 1. The Hall–Kier alpha value is -1.85. The maximum Gasteiger partial charge on any atom is 0.324 e. The minimum Gasteiger partial charge on any atom is -0.467 e. The summed E-state index contributed by atoms with van der Waals surface area (Å²) in [7, 11) is 1.53. The van der Waals surface area contributed by atoms with Crippen molar-refractivity contribution in [3.05, 3.63) is 12.2 Å². The number of allylic oxidation sites excluding steroid dienone is 2. The summed E-state index contributed by atoms with van der Waals surface area (Å²) >= 11 is 0. The van der Waals surface area contributed by atoms with Crippen molar-refractivity contribution in [1.29, 1.82) is 0 Å². The number of nitrogens with zero attached hydrogens (tertiary/aromatic N) is 3. The Kier molecular flexibility index (Phi) is 5.15. The van der Waals surface area contributed by atoms with Crippen LogP contribution in [0.4, 0.5) is 5.95 Å². The van der Waals surface area contributed by atoms with E-state index in [1.54, 1.807) is 0 Å². The number of rotatable bonds is 6. The number of methoxy groups -OCH3 is 1. The van der Waals surface area contributed by atoms with Gasteiger partial charge < -0.3 is 14.8 Å². The molecule has 0 saturated heterocycles. The van der Waals surface area contributed by atoms with Crippen molar-refractivity contribution in [2.75, 3.05) is 25.6 Å². The van der Waals surface area contributed by atoms with Gasteiger partial charge in [-0.3, -0.25) is 0 Å². The summed E-state index contributed by atoms with van der Waals surface area (Å²) in [4.78, 5) is 12.5. The molecule has 1 aliphatic carbocycles. The molecule has 1 aromatic heterocycles. The third-order valence-corrected chi connectivity index (χ3v) is 3.46. The molecule has 1 aliphatic rings. The van der Waals surface area contributed by atoms with Gasteiger partial charge in [-0.05, 0) is 31.6 Å². The third-order valence-electron chi connectivity index (χ3n) is 3.46. The maximum atomic E-state index is 5.73. The van der Waals surface area contributed by atoms with Gasteiger partial charge >= 0.3 is 12.0 Å². The highest BCUT2D eigenvalue weighted by Crippen LogP contribution is 2.25. The lowest BCUT2D eigenvalue weighted by atomic mass is 9.85. The Labute approximate surface area is 119 Å². The number of hydrogen-bond acceptors (Lipinski definition) is 6. The SMILES string of the molecule is CCNc1nc(OC)nc(OCC2CC=CCC2C)n1. The Morgan fingerprint density at radius 1 is 1.20 bits per heavy atom. The van der Waals surface area contributed by atoms with Crippen LogP contribution in [-0.4, -0.2) is 35.2 Å². The second-order valence-corrected chi connectivity index (χ2v) is 4.95. The number of hydrogen-bond donors (Lipinski definition) is 1. The van der Waals surface area contributed by atoms with E-state index in [1.807, 2.05) is 6.92 Å². The van der Waals surface area contributed by atoms with Crippen molar-refractivity contribution >= 4 is 5.95 Å². The van der Waals surface area contributed by atoms with Crippen LogP contribution in [0.15, 0.2) is 12.2 Å². The Morgan fingerprint density at radius 2 is 1.95 bits per heavy atom. The number of nitrogens with one attached hydrogen (secondary N) is 1. The summed E-state index contributed by atoms with van der Waals surface area (Å²) in [5.74, 6) is 1.60. The molecule has 2 atom stereocenters. The first-order chi connectivity index (χ1) is 9.72. The van der Waals surface area contributed by atoms with E-state index in [-0.39, 0.29) is 6.01 Å². The van der Waals surface area contributed by atoms with Crippen LogP contribution < -0.4 is 14.8 Å². The molecular formula is C14H22N4O2. The highest BCUT2D eigenvalue weighted by Gasteiger charge is 2.19. The summed E-state index contributed by atoms with van der Waals surface area (Å²) in [5, 5.41) is 3.04. The van der Waals surface area contributed by atoms with Gasteiger partial charge in [0.15, 0.2) is 0 Å². The molecule has 20 heavy (non-hydrogen) atoms. The molecule has 110 valence electrons. The fourth-order valence-corrected chi connectivity index (χ4v) is 2.15. The van der Waals surface area contributed by atoms with Crippen LogP contribution in [0.2, 0.25) is 0 Å². The van der Waals surface area contributed by atoms with Crippen molar-refractivity contribution in [2.24, 2.45) is 11.8 Å². The molecule has 6 nitrogen and oxygen atoms in total. The Bertz CT molecular complexity index is 464. The molecule has 0 spiro atoms. The predicted molar refractivity (Wildman–Crippen MR) is 77.1 cm³/mol. The van der Waals surface area contributed by atoms with Crippen molar-refractivity contribution in [3.63, 3.8) is 0 Å². The van der Waals surface area contributed by atoms with E-state index in [2.05, 4.69) is 39.3 Å². The Balaban J connectivity index is 2.00. The van der Waals surface area contributed by atoms with Crippen LogP contribution in [0.3, 0.4) is 0 Å². The van der Waals surface area contributed by atoms with Crippen LogP contribution in [-0.2, 0) is 0 Å². The molecule has 6 heteroatoms. The second-order valence-electron chi connectivity index (χ2n) is 4.95. The van der Waals surface area contributed by atoms with E-state index in [4.69, 9.17) is 9.47 Å². The standard InChI is InChI=1S/C14H22N4O2/c1-4-15-12-16-13(19-3)18-14(17-12)20-9-11-8-6-5-7-10(11)2/h5-6,10-11H,4,7-9H2,1-3H3,(H,15,16,17,18). The molecular weight excluding hydrogens is 256 g/mol. The third kappa shape index (κ3) is 3.82. The van der Waals surface area contributed by atoms with Gasteiger partial charge in [0.25, 0.3) is 0 Å². The van der Waals surface area contributed by atoms with E-state index >= 15 is 0 Å². The van der Waals surface area contributed by atoms with Gasteiger partial charge in [0, 0.05) is 6.54 Å². The maximum absolute atomic E-state index is 5.73. The average Bonchev–Trinajstić information content (AvgIpc) is 2.46. The van der Waals surface area contributed by atoms with Crippen molar-refractivity contribution < 1.29 is 9.47 Å². The van der Waals surface area contributed by atoms with E-state index < -0.39 is 0 Å². The van der Waals surface area contributed by atoms with Gasteiger partial charge in [-0.15, -0.1) is 4.98 Å². The van der Waals surface area contributed by atoms with E-state index in [0.29, 0.717) is 30.4 Å². The zero-order chi connectivity index (χ0) is 14.4. The summed E-state index contributed by atoms with van der Waals surface area (Å²) in [6.45, 7) is 5.57. The molecule has 0 radical (unpaired) electrons. The first-order valence-electron chi connectivity index (χ1n) is 7.04. The van der Waals surface area contributed by atoms with E-state index in [0.717, 1.165) is 19.4 Å². The molecule has 1 heterocycles. The van der Waals surface area contributed by atoms with Crippen molar-refractivity contribution in [2.45, 2.75) is 26.7 Å². The summed E-state index contributed by atoms with van der Waals surface area (Å²) in [6, 6.07) is 0.581. The monoisotopic (exact) mass is 278 g/mol. The molecule has 2 rings (SSSR count). The molecule has 2 unspecified atom stereocenters. The Morgan fingerprint density at radius 3 is 2.65 bits per heavy atom. The minimum atomic E-state index is 0.266. The van der Waals surface area contributed by atoms with Gasteiger partial charge in [0.1, 0.15) is 0 Å². The van der Waals surface area contributed by atoms with Gasteiger partial charge in [-0.1, -0.05) is 19.1 Å². The van der Waals surface area contributed by atoms with Gasteiger partial charge in [0.2, 0.25) is 5.95 Å². The fraction of sp³-hybridized carbons (Fsp3) is 0.643. The van der Waals surface area contributed by atoms with Crippen LogP contribution in [0.1, 0.15) is 26.7 Å². The summed E-state index contributed by atoms with van der Waals surface area (Å²) < 4.78 is 10.8. The lowest BCUT2D eigenvalue weighted by Gasteiger charge is -2.24. The zero-order valence-electron chi connectivity index (χ0n) is 12.3. The molecule has 1 aromatic rings. The van der Waals surface area contributed by atoms with Crippen molar-refractivity contribution in [1.82, 2.24) is 15.0 Å². The lowest BCUT2D eigenvalue weighted by Crippen LogP contribution is -2.22. The zero-order valence-corrected chi connectivity index (χ0v) is 12.3. The smallest absolute Gasteiger partial charge is 0.324 e. The van der Waals surface area contributed by atoms with Crippen LogP contribution in [0.25, 0.3) is 0 Å². The fourth-order valence-electron chi connectivity index (χ4n) is 2.15. The van der Waals surface area contributed by atoms with Gasteiger partial charge in [-0.2, -0.15) is 9.97 Å². The number of ether oxygens (including phenoxy) is 2. The number of aromatic nitrogens is 3.